The smallest absolute Gasteiger partial charge is 0.220 e. The van der Waals surface area contributed by atoms with Gasteiger partial charge in [-0.15, -0.1) is 0 Å². The molecule has 1 atom stereocenters. The highest BCUT2D eigenvalue weighted by atomic mass is 19.1. The molecule has 3 nitrogen and oxygen atoms in total. The normalized spacial score (nSPS) is 24.8. The van der Waals surface area contributed by atoms with Gasteiger partial charge in [0.15, 0.2) is 0 Å². The predicted molar refractivity (Wildman–Crippen MR) is 85.2 cm³/mol. The van der Waals surface area contributed by atoms with Crippen LogP contribution in [0.1, 0.15) is 50.5 Å². The van der Waals surface area contributed by atoms with Gasteiger partial charge in [-0.3, -0.25) is 4.79 Å². The maximum absolute atomic E-state index is 13.2. The molecule has 0 spiro atoms. The van der Waals surface area contributed by atoms with Crippen LogP contribution in [0.5, 0.6) is 0 Å². The van der Waals surface area contributed by atoms with Gasteiger partial charge in [-0.2, -0.15) is 0 Å². The lowest BCUT2D eigenvalue weighted by Gasteiger charge is -2.32. The van der Waals surface area contributed by atoms with Crippen LogP contribution in [0.25, 0.3) is 0 Å². The Kier molecular flexibility index (Phi) is 4.77. The fourth-order valence-electron chi connectivity index (χ4n) is 3.89. The Morgan fingerprint density at radius 2 is 1.91 bits per heavy atom. The number of nitrogens with one attached hydrogen (secondary N) is 2. The van der Waals surface area contributed by atoms with E-state index in [4.69, 9.17) is 0 Å². The van der Waals surface area contributed by atoms with Gasteiger partial charge in [0.05, 0.1) is 0 Å². The van der Waals surface area contributed by atoms with Crippen molar-refractivity contribution in [2.24, 2.45) is 0 Å². The molecule has 0 bridgehead atoms. The lowest BCUT2D eigenvalue weighted by atomic mass is 9.78. The van der Waals surface area contributed by atoms with Gasteiger partial charge in [-0.25, -0.2) is 4.39 Å². The second kappa shape index (κ2) is 6.78. The number of hydrogen-bond acceptors (Lipinski definition) is 2. The standard InChI is InChI=1S/C18H25FN2O/c19-15-5-3-14(4-6-15)18(10-1-2-11-18)13-21-16-7-8-17(22)20-12-9-16/h3-6,16,21H,1-2,7-13H2,(H,20,22)/t16-/m1/s1. The highest BCUT2D eigenvalue weighted by Crippen LogP contribution is 2.40. The van der Waals surface area contributed by atoms with Crippen LogP contribution >= 0.6 is 0 Å². The number of halogens is 1. The molecule has 1 aliphatic carbocycles. The summed E-state index contributed by atoms with van der Waals surface area (Å²) in [5, 5.41) is 6.62. The van der Waals surface area contributed by atoms with Crippen molar-refractivity contribution in [1.29, 1.82) is 0 Å². The molecular formula is C18H25FN2O. The molecule has 0 radical (unpaired) electrons. The molecule has 1 saturated carbocycles. The third kappa shape index (κ3) is 3.49. The van der Waals surface area contributed by atoms with Gasteiger partial charge in [0.2, 0.25) is 5.91 Å². The molecule has 0 unspecified atom stereocenters. The van der Waals surface area contributed by atoms with Crippen molar-refractivity contribution >= 4 is 5.91 Å². The van der Waals surface area contributed by atoms with Crippen molar-refractivity contribution in [3.63, 3.8) is 0 Å². The summed E-state index contributed by atoms with van der Waals surface area (Å²) in [6.07, 6.45) is 7.32. The Bertz CT molecular complexity index is 508. The van der Waals surface area contributed by atoms with Crippen LogP contribution in [0.3, 0.4) is 0 Å². The molecule has 4 heteroatoms. The first-order chi connectivity index (χ1) is 10.7. The minimum atomic E-state index is -0.168. The fourth-order valence-corrected chi connectivity index (χ4v) is 3.89. The summed E-state index contributed by atoms with van der Waals surface area (Å²) in [6, 6.07) is 7.44. The molecule has 120 valence electrons. The molecule has 3 rings (SSSR count). The number of carbonyl (C=O) groups is 1. The summed E-state index contributed by atoms with van der Waals surface area (Å²) in [5.41, 5.74) is 1.39. The van der Waals surface area contributed by atoms with Gasteiger partial charge < -0.3 is 10.6 Å². The average molecular weight is 304 g/mol. The molecule has 1 amide bonds. The quantitative estimate of drug-likeness (QED) is 0.898. The van der Waals surface area contributed by atoms with E-state index >= 15 is 0 Å². The largest absolute Gasteiger partial charge is 0.356 e. The van der Waals surface area contributed by atoms with Gasteiger partial charge in [0, 0.05) is 31.0 Å². The Morgan fingerprint density at radius 1 is 1.18 bits per heavy atom. The average Bonchev–Trinajstić information content (AvgIpc) is 2.90. The Hall–Kier alpha value is -1.42. The summed E-state index contributed by atoms with van der Waals surface area (Å²) < 4.78 is 13.2. The topological polar surface area (TPSA) is 41.1 Å². The van der Waals surface area contributed by atoms with Crippen molar-refractivity contribution in [1.82, 2.24) is 10.6 Å². The molecule has 2 N–H and O–H groups in total. The first-order valence-electron chi connectivity index (χ1n) is 8.44. The minimum absolute atomic E-state index is 0.136. The van der Waals surface area contributed by atoms with E-state index in [2.05, 4.69) is 10.6 Å². The van der Waals surface area contributed by atoms with Crippen LogP contribution < -0.4 is 10.6 Å². The van der Waals surface area contributed by atoms with Crippen LogP contribution in [-0.4, -0.2) is 25.0 Å². The number of rotatable bonds is 4. The maximum Gasteiger partial charge on any atom is 0.220 e. The molecule has 1 aromatic rings. The number of hydrogen-bond donors (Lipinski definition) is 2. The molecule has 2 aliphatic rings. The third-order valence-corrected chi connectivity index (χ3v) is 5.28. The molecule has 2 fully saturated rings. The second-order valence-electron chi connectivity index (χ2n) is 6.75. The predicted octanol–water partition coefficient (Wildman–Crippen LogP) is 2.90. The number of amides is 1. The van der Waals surface area contributed by atoms with Gasteiger partial charge >= 0.3 is 0 Å². The summed E-state index contributed by atoms with van der Waals surface area (Å²) in [7, 11) is 0. The SMILES string of the molecule is O=C1CC[C@@H](NCC2(c3ccc(F)cc3)CCCC2)CCN1. The van der Waals surface area contributed by atoms with Crippen LogP contribution in [0.2, 0.25) is 0 Å². The van der Waals surface area contributed by atoms with E-state index in [1.54, 1.807) is 12.1 Å². The molecule has 1 heterocycles. The first kappa shape index (κ1) is 15.5. The van der Waals surface area contributed by atoms with Crippen molar-refractivity contribution in [2.45, 2.75) is 56.4 Å². The van der Waals surface area contributed by atoms with E-state index in [0.29, 0.717) is 12.5 Å². The van der Waals surface area contributed by atoms with Gasteiger partial charge in [-0.1, -0.05) is 25.0 Å². The Morgan fingerprint density at radius 3 is 2.64 bits per heavy atom. The highest BCUT2D eigenvalue weighted by molar-refractivity contribution is 5.76. The second-order valence-corrected chi connectivity index (χ2v) is 6.75. The molecule has 1 aliphatic heterocycles. The molecule has 0 aromatic heterocycles. The van der Waals surface area contributed by atoms with E-state index in [-0.39, 0.29) is 17.1 Å². The van der Waals surface area contributed by atoms with E-state index in [1.165, 1.54) is 18.4 Å². The summed E-state index contributed by atoms with van der Waals surface area (Å²) >= 11 is 0. The van der Waals surface area contributed by atoms with Gasteiger partial charge in [0.25, 0.3) is 0 Å². The van der Waals surface area contributed by atoms with Crippen molar-refractivity contribution in [3.8, 4) is 0 Å². The number of carbonyl (C=O) groups excluding carboxylic acids is 1. The zero-order valence-electron chi connectivity index (χ0n) is 13.0. The lowest BCUT2D eigenvalue weighted by molar-refractivity contribution is -0.120. The van der Waals surface area contributed by atoms with E-state index in [1.807, 2.05) is 12.1 Å². The Labute approximate surface area is 131 Å². The van der Waals surface area contributed by atoms with Crippen LogP contribution in [0, 0.1) is 5.82 Å². The first-order valence-corrected chi connectivity index (χ1v) is 8.44. The van der Waals surface area contributed by atoms with Crippen molar-refractivity contribution in [3.05, 3.63) is 35.6 Å². The number of benzene rings is 1. The summed E-state index contributed by atoms with van der Waals surface area (Å²) in [6.45, 7) is 1.69. The van der Waals surface area contributed by atoms with Gasteiger partial charge in [0.1, 0.15) is 5.82 Å². The van der Waals surface area contributed by atoms with E-state index < -0.39 is 0 Å². The minimum Gasteiger partial charge on any atom is -0.356 e. The summed E-state index contributed by atoms with van der Waals surface area (Å²) in [4.78, 5) is 11.4. The Balaban J connectivity index is 1.66. The fraction of sp³-hybridized carbons (Fsp3) is 0.611. The zero-order valence-corrected chi connectivity index (χ0v) is 13.0. The van der Waals surface area contributed by atoms with Crippen LogP contribution in [0.4, 0.5) is 4.39 Å². The highest BCUT2D eigenvalue weighted by Gasteiger charge is 2.36. The zero-order chi connectivity index (χ0) is 15.4. The molecule has 22 heavy (non-hydrogen) atoms. The van der Waals surface area contributed by atoms with Crippen LogP contribution in [0.15, 0.2) is 24.3 Å². The van der Waals surface area contributed by atoms with Gasteiger partial charge in [-0.05, 0) is 43.4 Å². The van der Waals surface area contributed by atoms with E-state index in [9.17, 15) is 9.18 Å². The maximum atomic E-state index is 13.2. The van der Waals surface area contributed by atoms with Crippen molar-refractivity contribution < 1.29 is 9.18 Å². The van der Waals surface area contributed by atoms with Crippen molar-refractivity contribution in [2.75, 3.05) is 13.1 Å². The van der Waals surface area contributed by atoms with Crippen LogP contribution in [-0.2, 0) is 10.2 Å². The molecule has 1 aromatic carbocycles. The lowest BCUT2D eigenvalue weighted by Crippen LogP contribution is -2.41. The third-order valence-electron chi connectivity index (χ3n) is 5.28. The molecular weight excluding hydrogens is 279 g/mol. The van der Waals surface area contributed by atoms with E-state index in [0.717, 1.165) is 38.8 Å². The molecule has 1 saturated heterocycles. The summed E-state index contributed by atoms with van der Waals surface area (Å²) in [5.74, 6) is -0.00312. The monoisotopic (exact) mass is 304 g/mol.